The van der Waals surface area contributed by atoms with Crippen molar-refractivity contribution in [3.63, 3.8) is 0 Å². The monoisotopic (exact) mass is 536 g/mol. The largest absolute Gasteiger partial charge is 0.384 e. The summed E-state index contributed by atoms with van der Waals surface area (Å²) in [6.07, 6.45) is 3.43. The second-order valence-electron chi connectivity index (χ2n) is 9.68. The molecule has 2 aromatic heterocycles. The summed E-state index contributed by atoms with van der Waals surface area (Å²) in [7, 11) is 0. The number of nitriles is 1. The Kier molecular flexibility index (Phi) is 6.00. The van der Waals surface area contributed by atoms with E-state index < -0.39 is 10.8 Å². The number of benzene rings is 2. The molecule has 2 aliphatic rings. The maximum atomic E-state index is 13.5. The van der Waals surface area contributed by atoms with E-state index in [9.17, 15) is 20.2 Å². The van der Waals surface area contributed by atoms with Crippen molar-refractivity contribution in [2.75, 3.05) is 4.90 Å². The van der Waals surface area contributed by atoms with E-state index >= 15 is 0 Å². The van der Waals surface area contributed by atoms with E-state index in [1.54, 1.807) is 28.4 Å². The van der Waals surface area contributed by atoms with Gasteiger partial charge >= 0.3 is 0 Å². The number of carbonyl (C=O) groups excluding carboxylic acids is 1. The number of anilines is 1. The quantitative estimate of drug-likeness (QED) is 0.257. The number of non-ortho nitro benzene ring substituents is 1. The first-order chi connectivity index (χ1) is 18.9. The van der Waals surface area contributed by atoms with Gasteiger partial charge < -0.3 is 10.3 Å². The van der Waals surface area contributed by atoms with Crippen LogP contribution in [0.5, 0.6) is 0 Å². The number of rotatable bonds is 5. The van der Waals surface area contributed by atoms with E-state index in [1.165, 1.54) is 12.1 Å². The molecule has 0 unspecified atom stereocenters. The number of aryl methyl sites for hydroxylation is 1. The number of para-hydroxylation sites is 2. The molecule has 194 valence electrons. The molecule has 1 aliphatic carbocycles. The zero-order chi connectivity index (χ0) is 27.3. The second kappa shape index (κ2) is 9.53. The minimum absolute atomic E-state index is 0.0230. The number of nitro groups is 1. The number of nitrogens with two attached hydrogens (primary N) is 1. The molecule has 4 aromatic rings. The highest BCUT2D eigenvalue weighted by Gasteiger charge is 2.41. The zero-order valence-electron chi connectivity index (χ0n) is 21.1. The first-order valence-electron chi connectivity index (χ1n) is 12.6. The van der Waals surface area contributed by atoms with Gasteiger partial charge in [0.2, 0.25) is 0 Å². The predicted molar refractivity (Wildman–Crippen MR) is 149 cm³/mol. The Morgan fingerprint density at radius 2 is 2.03 bits per heavy atom. The maximum Gasteiger partial charge on any atom is 0.271 e. The summed E-state index contributed by atoms with van der Waals surface area (Å²) in [6, 6.07) is 18.4. The number of nitro benzene ring substituents is 1. The Morgan fingerprint density at radius 3 is 2.82 bits per heavy atom. The third kappa shape index (κ3) is 4.08. The van der Waals surface area contributed by atoms with Crippen LogP contribution >= 0.6 is 11.3 Å². The Morgan fingerprint density at radius 1 is 1.21 bits per heavy atom. The highest BCUT2D eigenvalue weighted by atomic mass is 32.1. The molecule has 2 aromatic carbocycles. The molecule has 0 saturated heterocycles. The lowest BCUT2D eigenvalue weighted by Crippen LogP contribution is -2.38. The lowest BCUT2D eigenvalue weighted by Gasteiger charge is -2.39. The first-order valence-corrected chi connectivity index (χ1v) is 13.4. The molecule has 1 atom stereocenters. The van der Waals surface area contributed by atoms with Crippen LogP contribution < -0.4 is 10.6 Å². The molecule has 0 spiro atoms. The number of Topliss-reactive ketones (excluding diaryl/α,β-unsaturated/α-hetero) is 1. The molecule has 0 radical (unpaired) electrons. The van der Waals surface area contributed by atoms with Gasteiger partial charge in [-0.1, -0.05) is 18.2 Å². The fourth-order valence-corrected chi connectivity index (χ4v) is 6.74. The number of imidazole rings is 1. The molecular weight excluding hydrogens is 512 g/mol. The fourth-order valence-electron chi connectivity index (χ4n) is 5.58. The van der Waals surface area contributed by atoms with Crippen LogP contribution in [0.25, 0.3) is 11.0 Å². The van der Waals surface area contributed by atoms with Crippen molar-refractivity contribution in [3.05, 3.63) is 109 Å². The maximum absolute atomic E-state index is 13.5. The molecule has 0 amide bonds. The van der Waals surface area contributed by atoms with Gasteiger partial charge in [0.05, 0.1) is 52.1 Å². The molecule has 10 heteroatoms. The number of allylic oxidation sites excluding steroid dienone is 3. The van der Waals surface area contributed by atoms with Crippen molar-refractivity contribution >= 4 is 39.5 Å². The van der Waals surface area contributed by atoms with E-state index in [2.05, 4.69) is 21.7 Å². The lowest BCUT2D eigenvalue weighted by atomic mass is 9.78. The molecule has 2 N–H and O–H groups in total. The van der Waals surface area contributed by atoms with Crippen molar-refractivity contribution in [2.45, 2.75) is 38.6 Å². The third-order valence-corrected chi connectivity index (χ3v) is 8.56. The Balaban J connectivity index is 1.46. The molecule has 0 saturated carbocycles. The number of thiophene rings is 1. The van der Waals surface area contributed by atoms with E-state index in [-0.39, 0.29) is 22.9 Å². The van der Waals surface area contributed by atoms with Gasteiger partial charge in [-0.3, -0.25) is 19.8 Å². The summed E-state index contributed by atoms with van der Waals surface area (Å²) in [5.74, 6) is -0.403. The zero-order valence-corrected chi connectivity index (χ0v) is 21.9. The van der Waals surface area contributed by atoms with Gasteiger partial charge in [0.25, 0.3) is 5.69 Å². The highest BCUT2D eigenvalue weighted by molar-refractivity contribution is 7.12. The summed E-state index contributed by atoms with van der Waals surface area (Å²) in [4.78, 5) is 32.6. The molecule has 6 rings (SSSR count). The number of carbonyl (C=O) groups is 1. The van der Waals surface area contributed by atoms with Gasteiger partial charge in [-0.25, -0.2) is 4.98 Å². The Labute approximate surface area is 228 Å². The Hall–Kier alpha value is -4.75. The molecule has 39 heavy (non-hydrogen) atoms. The van der Waals surface area contributed by atoms with E-state index in [0.29, 0.717) is 42.8 Å². The summed E-state index contributed by atoms with van der Waals surface area (Å²) in [5.41, 5.74) is 11.6. The normalized spacial score (nSPS) is 17.5. The average molecular weight is 537 g/mol. The van der Waals surface area contributed by atoms with Gasteiger partial charge in [-0.05, 0) is 49.6 Å². The topological polar surface area (TPSA) is 131 Å². The number of fused-ring (bicyclic) bond motifs is 1. The number of aromatic nitrogens is 2. The minimum Gasteiger partial charge on any atom is -0.384 e. The van der Waals surface area contributed by atoms with Crippen LogP contribution in [0.3, 0.4) is 0 Å². The standard InChI is InChI=1S/C29H24N6O3S/c1-17-18(15-33-16-32-22-8-2-3-9-23(22)33)12-26(39-17)27-21(14-30)29(31)34(24-10-5-11-25(36)28(24)27)19-6-4-7-20(13-19)35(37)38/h2-4,6-9,12-13,16,27H,5,10-11,15,31H2,1H3/t27-/m1/s1. The van der Waals surface area contributed by atoms with E-state index in [1.807, 2.05) is 37.5 Å². The van der Waals surface area contributed by atoms with Gasteiger partial charge in [-0.15, -0.1) is 11.3 Å². The molecular formula is C29H24N6O3S. The highest BCUT2D eigenvalue weighted by Crippen LogP contribution is 2.48. The summed E-state index contributed by atoms with van der Waals surface area (Å²) >= 11 is 1.56. The molecule has 0 bridgehead atoms. The number of nitrogens with zero attached hydrogens (tertiary/aromatic N) is 5. The SMILES string of the molecule is Cc1sc([C@H]2C(C#N)=C(N)N(c3cccc([N+](=O)[O-])c3)C3=C2C(=O)CCC3)cc1Cn1cnc2ccccc21. The summed E-state index contributed by atoms with van der Waals surface area (Å²) in [6.45, 7) is 2.65. The molecule has 1 aliphatic heterocycles. The third-order valence-electron chi connectivity index (χ3n) is 7.40. The van der Waals surface area contributed by atoms with Crippen LogP contribution in [0, 0.1) is 28.4 Å². The number of hydrogen-bond acceptors (Lipinski definition) is 8. The number of ketones is 1. The van der Waals surface area contributed by atoms with E-state index in [0.717, 1.165) is 26.4 Å². The van der Waals surface area contributed by atoms with Crippen molar-refractivity contribution in [1.29, 1.82) is 5.26 Å². The van der Waals surface area contributed by atoms with Gasteiger partial charge in [-0.2, -0.15) is 5.26 Å². The van der Waals surface area contributed by atoms with Crippen LogP contribution in [0.1, 0.15) is 40.5 Å². The number of hydrogen-bond donors (Lipinski definition) is 1. The van der Waals surface area contributed by atoms with Gasteiger partial charge in [0.15, 0.2) is 5.78 Å². The van der Waals surface area contributed by atoms with E-state index in [4.69, 9.17) is 5.73 Å². The van der Waals surface area contributed by atoms with Crippen molar-refractivity contribution < 1.29 is 9.72 Å². The summed E-state index contributed by atoms with van der Waals surface area (Å²) in [5, 5.41) is 21.8. The fraction of sp³-hybridized carbons (Fsp3) is 0.207. The minimum atomic E-state index is -0.579. The van der Waals surface area contributed by atoms with Crippen LogP contribution in [0.15, 0.2) is 83.6 Å². The van der Waals surface area contributed by atoms with Crippen molar-refractivity contribution in [3.8, 4) is 6.07 Å². The van der Waals surface area contributed by atoms with Crippen LogP contribution in [0.2, 0.25) is 0 Å². The van der Waals surface area contributed by atoms with Gasteiger partial charge in [0, 0.05) is 39.6 Å². The first kappa shape index (κ1) is 24.6. The predicted octanol–water partition coefficient (Wildman–Crippen LogP) is 5.67. The van der Waals surface area contributed by atoms with Crippen molar-refractivity contribution in [1.82, 2.24) is 9.55 Å². The van der Waals surface area contributed by atoms with Gasteiger partial charge in [0.1, 0.15) is 5.82 Å². The van der Waals surface area contributed by atoms with Crippen LogP contribution in [-0.4, -0.2) is 20.3 Å². The lowest BCUT2D eigenvalue weighted by molar-refractivity contribution is -0.384. The average Bonchev–Trinajstić information content (AvgIpc) is 3.51. The molecule has 0 fully saturated rings. The smallest absolute Gasteiger partial charge is 0.271 e. The van der Waals surface area contributed by atoms with Crippen LogP contribution in [0.4, 0.5) is 11.4 Å². The Bertz CT molecular complexity index is 1770. The second-order valence-corrected chi connectivity index (χ2v) is 11.0. The van der Waals surface area contributed by atoms with Crippen LogP contribution in [-0.2, 0) is 11.3 Å². The summed E-state index contributed by atoms with van der Waals surface area (Å²) < 4.78 is 2.09. The molecule has 9 nitrogen and oxygen atoms in total. The molecule has 3 heterocycles. The van der Waals surface area contributed by atoms with Crippen molar-refractivity contribution in [2.24, 2.45) is 5.73 Å².